The van der Waals surface area contributed by atoms with E-state index in [1.165, 1.54) is 17.4 Å². The van der Waals surface area contributed by atoms with Gasteiger partial charge in [-0.2, -0.15) is 0 Å². The molecule has 0 aliphatic rings. The molecule has 1 aromatic rings. The molecule has 0 aromatic carbocycles. The van der Waals surface area contributed by atoms with Crippen LogP contribution in [0.3, 0.4) is 0 Å². The van der Waals surface area contributed by atoms with E-state index in [9.17, 15) is 9.90 Å². The van der Waals surface area contributed by atoms with Gasteiger partial charge in [-0.05, 0) is 11.4 Å². The predicted octanol–water partition coefficient (Wildman–Crippen LogP) is -2.84. The van der Waals surface area contributed by atoms with Crippen LogP contribution in [0.25, 0.3) is 0 Å². The van der Waals surface area contributed by atoms with Crippen molar-refractivity contribution in [3.05, 3.63) is 17.0 Å². The first-order valence-electron chi connectivity index (χ1n) is 2.72. The fourth-order valence-corrected chi connectivity index (χ4v) is 1.40. The molecule has 0 aliphatic heterocycles. The van der Waals surface area contributed by atoms with Crippen molar-refractivity contribution in [2.75, 3.05) is 12.4 Å². The third-order valence-electron chi connectivity index (χ3n) is 1.11. The van der Waals surface area contributed by atoms with Gasteiger partial charge in [-0.15, -0.1) is 11.3 Å². The summed E-state index contributed by atoms with van der Waals surface area (Å²) >= 11 is 1.35. The van der Waals surface area contributed by atoms with Gasteiger partial charge in [0.15, 0.2) is 0 Å². The van der Waals surface area contributed by atoms with Crippen LogP contribution in [-0.4, -0.2) is 13.0 Å². The Morgan fingerprint density at radius 1 is 1.73 bits per heavy atom. The summed E-state index contributed by atoms with van der Waals surface area (Å²) < 4.78 is 0. The van der Waals surface area contributed by atoms with Crippen molar-refractivity contribution in [3.8, 4) is 0 Å². The fourth-order valence-electron chi connectivity index (χ4n) is 0.664. The monoisotopic (exact) mass is 195 g/mol. The number of hydrogen-bond acceptors (Lipinski definition) is 4. The molecule has 1 rings (SSSR count). The minimum absolute atomic E-state index is 0. The van der Waals surface area contributed by atoms with E-state index in [2.05, 4.69) is 5.32 Å². The zero-order valence-electron chi connectivity index (χ0n) is 6.38. The molecular formula is C6H6KNO2S. The number of carboxylic acids is 1. The molecule has 0 saturated carbocycles. The molecule has 54 valence electrons. The number of aromatic carboxylic acids is 1. The van der Waals surface area contributed by atoms with Crippen LogP contribution in [-0.2, 0) is 0 Å². The average molecular weight is 195 g/mol. The second kappa shape index (κ2) is 5.29. The molecule has 3 nitrogen and oxygen atoms in total. The molecule has 0 atom stereocenters. The summed E-state index contributed by atoms with van der Waals surface area (Å²) in [5.74, 6) is -1.13. The van der Waals surface area contributed by atoms with E-state index in [-0.39, 0.29) is 56.9 Å². The fraction of sp³-hybridized carbons (Fsp3) is 0.167. The molecular weight excluding hydrogens is 189 g/mol. The third-order valence-corrected chi connectivity index (χ3v) is 2.04. The summed E-state index contributed by atoms with van der Waals surface area (Å²) in [6.45, 7) is 0. The van der Waals surface area contributed by atoms with Crippen molar-refractivity contribution < 1.29 is 61.3 Å². The van der Waals surface area contributed by atoms with Crippen molar-refractivity contribution in [1.82, 2.24) is 0 Å². The summed E-state index contributed by atoms with van der Waals surface area (Å²) in [5.41, 5.74) is 0.229. The van der Waals surface area contributed by atoms with Crippen molar-refractivity contribution in [1.29, 1.82) is 0 Å². The van der Waals surface area contributed by atoms with Crippen LogP contribution in [0, 0.1) is 0 Å². The minimum Gasteiger partial charge on any atom is -0.545 e. The Bertz CT molecular complexity index is 248. The molecule has 0 aliphatic carbocycles. The Balaban J connectivity index is 0.000001000. The first-order valence-corrected chi connectivity index (χ1v) is 3.60. The standard InChI is InChI=1S/C6H7NO2S.K/c1-7-5-4(6(8)9)2-3-10-5;/h2-3,7H,1H3,(H,8,9);/q;+1/p-1. The number of carboxylic acid groups (broad SMARTS) is 1. The van der Waals surface area contributed by atoms with Crippen LogP contribution in [0.15, 0.2) is 11.4 Å². The summed E-state index contributed by atoms with van der Waals surface area (Å²) in [6, 6.07) is 1.52. The van der Waals surface area contributed by atoms with Crippen LogP contribution >= 0.6 is 11.3 Å². The SMILES string of the molecule is CNc1sccc1C(=O)[O-].[K+]. The van der Waals surface area contributed by atoms with Gasteiger partial charge < -0.3 is 15.2 Å². The van der Waals surface area contributed by atoms with Crippen LogP contribution in [0.2, 0.25) is 0 Å². The van der Waals surface area contributed by atoms with Gasteiger partial charge in [-0.25, -0.2) is 0 Å². The number of hydrogen-bond donors (Lipinski definition) is 1. The van der Waals surface area contributed by atoms with E-state index in [0.29, 0.717) is 5.00 Å². The largest absolute Gasteiger partial charge is 1.00 e. The van der Waals surface area contributed by atoms with Crippen LogP contribution < -0.4 is 61.8 Å². The Kier molecular flexibility index (Phi) is 5.58. The van der Waals surface area contributed by atoms with Gasteiger partial charge in [-0.1, -0.05) is 0 Å². The van der Waals surface area contributed by atoms with E-state index in [1.807, 2.05) is 0 Å². The van der Waals surface area contributed by atoms with Gasteiger partial charge in [0.05, 0.1) is 11.0 Å². The van der Waals surface area contributed by atoms with E-state index >= 15 is 0 Å². The summed E-state index contributed by atoms with van der Waals surface area (Å²) in [5, 5.41) is 15.4. The minimum atomic E-state index is -1.13. The first kappa shape index (κ1) is 11.6. The molecule has 1 heterocycles. The van der Waals surface area contributed by atoms with Crippen molar-refractivity contribution in [2.24, 2.45) is 0 Å². The number of rotatable bonds is 2. The second-order valence-corrected chi connectivity index (χ2v) is 2.62. The van der Waals surface area contributed by atoms with Gasteiger partial charge in [-0.3, -0.25) is 0 Å². The zero-order chi connectivity index (χ0) is 7.56. The zero-order valence-corrected chi connectivity index (χ0v) is 10.3. The van der Waals surface area contributed by atoms with Crippen molar-refractivity contribution in [3.63, 3.8) is 0 Å². The Morgan fingerprint density at radius 3 is 2.73 bits per heavy atom. The summed E-state index contributed by atoms with van der Waals surface area (Å²) in [4.78, 5) is 10.3. The molecule has 5 heteroatoms. The Hall–Kier alpha value is 0.606. The molecule has 1 aromatic heterocycles. The van der Waals surface area contributed by atoms with Crippen LogP contribution in [0.5, 0.6) is 0 Å². The second-order valence-electron chi connectivity index (χ2n) is 1.70. The summed E-state index contributed by atoms with van der Waals surface area (Å²) in [7, 11) is 1.68. The van der Waals surface area contributed by atoms with Crippen molar-refractivity contribution in [2.45, 2.75) is 0 Å². The number of carbonyl (C=O) groups is 1. The molecule has 0 saturated heterocycles. The number of nitrogens with one attached hydrogen (secondary N) is 1. The number of thiophene rings is 1. The quantitative estimate of drug-likeness (QED) is 0.517. The van der Waals surface area contributed by atoms with Crippen molar-refractivity contribution >= 4 is 22.3 Å². The molecule has 1 N–H and O–H groups in total. The van der Waals surface area contributed by atoms with Crippen LogP contribution in [0.4, 0.5) is 5.00 Å². The maximum absolute atomic E-state index is 10.3. The van der Waals surface area contributed by atoms with Gasteiger partial charge in [0, 0.05) is 12.6 Å². The van der Waals surface area contributed by atoms with E-state index in [0.717, 1.165) is 0 Å². The number of anilines is 1. The van der Waals surface area contributed by atoms with E-state index in [4.69, 9.17) is 0 Å². The molecule has 0 spiro atoms. The van der Waals surface area contributed by atoms with Gasteiger partial charge >= 0.3 is 51.4 Å². The maximum atomic E-state index is 10.3. The van der Waals surface area contributed by atoms with Gasteiger partial charge in [0.25, 0.3) is 0 Å². The number of carbonyl (C=O) groups excluding carboxylic acids is 1. The van der Waals surface area contributed by atoms with Gasteiger partial charge in [0.1, 0.15) is 0 Å². The normalized spacial score (nSPS) is 8.45. The maximum Gasteiger partial charge on any atom is 1.00 e. The molecule has 0 bridgehead atoms. The Labute approximate surface area is 111 Å². The van der Waals surface area contributed by atoms with E-state index < -0.39 is 5.97 Å². The summed E-state index contributed by atoms with van der Waals surface area (Å²) in [6.07, 6.45) is 0. The molecule has 0 radical (unpaired) electrons. The van der Waals surface area contributed by atoms with Gasteiger partial charge in [0.2, 0.25) is 0 Å². The molecule has 0 amide bonds. The molecule has 0 fully saturated rings. The average Bonchev–Trinajstić information content (AvgIpc) is 2.33. The van der Waals surface area contributed by atoms with E-state index in [1.54, 1.807) is 12.4 Å². The molecule has 11 heavy (non-hydrogen) atoms. The third kappa shape index (κ3) is 2.85. The van der Waals surface area contributed by atoms with Crippen LogP contribution in [0.1, 0.15) is 10.4 Å². The topological polar surface area (TPSA) is 52.2 Å². The Morgan fingerprint density at radius 2 is 2.36 bits per heavy atom. The molecule has 0 unspecified atom stereocenters. The first-order chi connectivity index (χ1) is 4.75. The smallest absolute Gasteiger partial charge is 0.545 e. The predicted molar refractivity (Wildman–Crippen MR) is 38.2 cm³/mol.